The van der Waals surface area contributed by atoms with E-state index in [1.807, 2.05) is 11.8 Å². The van der Waals surface area contributed by atoms with Crippen molar-refractivity contribution in [2.75, 3.05) is 57.3 Å². The number of aliphatic imine (C=N–C) groups is 1. The van der Waals surface area contributed by atoms with Crippen LogP contribution in [0.3, 0.4) is 0 Å². The van der Waals surface area contributed by atoms with E-state index in [0.29, 0.717) is 45.1 Å². The van der Waals surface area contributed by atoms with Gasteiger partial charge in [-0.05, 0) is 44.0 Å². The minimum Gasteiger partial charge on any atom is -0.368 e. The number of amides is 2. The average Bonchev–Trinajstić information content (AvgIpc) is 3.63. The van der Waals surface area contributed by atoms with Crippen molar-refractivity contribution in [1.82, 2.24) is 20.9 Å². The monoisotopic (exact) mass is 432 g/mol. The number of halogens is 1. The van der Waals surface area contributed by atoms with Crippen LogP contribution in [0.4, 0.5) is 10.1 Å². The van der Waals surface area contributed by atoms with Crippen LogP contribution in [0, 0.1) is 11.7 Å². The SMILES string of the molecule is CCNC(=NCCC(=O)N1CCN(c2ccc(F)cc2)CC1)NCCNC(=O)C1CC1. The van der Waals surface area contributed by atoms with Gasteiger partial charge in [0.25, 0.3) is 0 Å². The van der Waals surface area contributed by atoms with Crippen LogP contribution < -0.4 is 20.9 Å². The Balaban J connectivity index is 1.35. The summed E-state index contributed by atoms with van der Waals surface area (Å²) in [5.41, 5.74) is 0.979. The largest absolute Gasteiger partial charge is 0.368 e. The van der Waals surface area contributed by atoms with Gasteiger partial charge < -0.3 is 25.8 Å². The van der Waals surface area contributed by atoms with E-state index in [2.05, 4.69) is 25.8 Å². The van der Waals surface area contributed by atoms with Crippen molar-refractivity contribution in [3.8, 4) is 0 Å². The van der Waals surface area contributed by atoms with Gasteiger partial charge >= 0.3 is 0 Å². The van der Waals surface area contributed by atoms with Crippen LogP contribution in [0.2, 0.25) is 0 Å². The lowest BCUT2D eigenvalue weighted by Gasteiger charge is -2.36. The van der Waals surface area contributed by atoms with Crippen LogP contribution in [0.1, 0.15) is 26.2 Å². The Morgan fingerprint density at radius 1 is 1.03 bits per heavy atom. The Labute approximate surface area is 183 Å². The Kier molecular flexibility index (Phi) is 8.49. The fourth-order valence-corrected chi connectivity index (χ4v) is 3.49. The van der Waals surface area contributed by atoms with E-state index in [4.69, 9.17) is 0 Å². The number of carbonyl (C=O) groups is 2. The average molecular weight is 433 g/mol. The van der Waals surface area contributed by atoms with Crippen LogP contribution in [0.25, 0.3) is 0 Å². The molecule has 0 aromatic heterocycles. The summed E-state index contributed by atoms with van der Waals surface area (Å²) in [4.78, 5) is 32.7. The molecule has 0 unspecified atom stereocenters. The van der Waals surface area contributed by atoms with E-state index in [0.717, 1.165) is 38.2 Å². The molecule has 8 nitrogen and oxygen atoms in total. The van der Waals surface area contributed by atoms with Gasteiger partial charge in [0.2, 0.25) is 11.8 Å². The van der Waals surface area contributed by atoms with Gasteiger partial charge in [-0.25, -0.2) is 4.39 Å². The molecule has 2 fully saturated rings. The van der Waals surface area contributed by atoms with E-state index in [9.17, 15) is 14.0 Å². The second-order valence-corrected chi connectivity index (χ2v) is 7.85. The quantitative estimate of drug-likeness (QED) is 0.307. The second kappa shape index (κ2) is 11.5. The lowest BCUT2D eigenvalue weighted by molar-refractivity contribution is -0.131. The first-order valence-electron chi connectivity index (χ1n) is 11.1. The number of guanidine groups is 1. The summed E-state index contributed by atoms with van der Waals surface area (Å²) in [7, 11) is 0. The highest BCUT2D eigenvalue weighted by Gasteiger charge is 2.29. The lowest BCUT2D eigenvalue weighted by Crippen LogP contribution is -2.49. The normalized spacial score (nSPS) is 16.8. The first-order chi connectivity index (χ1) is 15.1. The topological polar surface area (TPSA) is 89.1 Å². The number of anilines is 1. The molecule has 0 atom stereocenters. The molecule has 170 valence electrons. The van der Waals surface area contributed by atoms with Crippen molar-refractivity contribution in [2.24, 2.45) is 10.9 Å². The molecule has 9 heteroatoms. The fraction of sp³-hybridized carbons (Fsp3) is 0.591. The minimum atomic E-state index is -0.243. The maximum atomic E-state index is 13.1. The first kappa shape index (κ1) is 22.8. The number of hydrogen-bond donors (Lipinski definition) is 3. The molecule has 1 aliphatic carbocycles. The predicted octanol–water partition coefficient (Wildman–Crippen LogP) is 0.946. The van der Waals surface area contributed by atoms with Gasteiger partial charge in [-0.15, -0.1) is 0 Å². The van der Waals surface area contributed by atoms with Crippen molar-refractivity contribution in [3.63, 3.8) is 0 Å². The molecule has 2 amide bonds. The van der Waals surface area contributed by atoms with Gasteiger partial charge in [0.1, 0.15) is 5.82 Å². The molecule has 1 aliphatic heterocycles. The van der Waals surface area contributed by atoms with Gasteiger partial charge in [0.15, 0.2) is 5.96 Å². The number of piperazine rings is 1. The molecule has 0 spiro atoms. The summed E-state index contributed by atoms with van der Waals surface area (Å²) in [6, 6.07) is 6.46. The summed E-state index contributed by atoms with van der Waals surface area (Å²) in [5.74, 6) is 0.846. The second-order valence-electron chi connectivity index (χ2n) is 7.85. The predicted molar refractivity (Wildman–Crippen MR) is 120 cm³/mol. The smallest absolute Gasteiger partial charge is 0.224 e. The molecule has 0 radical (unpaired) electrons. The highest BCUT2D eigenvalue weighted by atomic mass is 19.1. The van der Waals surface area contributed by atoms with Crippen molar-refractivity contribution in [3.05, 3.63) is 30.1 Å². The molecule has 2 aliphatic rings. The molecular weight excluding hydrogens is 399 g/mol. The van der Waals surface area contributed by atoms with E-state index >= 15 is 0 Å². The zero-order valence-corrected chi connectivity index (χ0v) is 18.2. The molecule has 1 saturated carbocycles. The Morgan fingerprint density at radius 2 is 1.71 bits per heavy atom. The van der Waals surface area contributed by atoms with Crippen molar-refractivity contribution < 1.29 is 14.0 Å². The first-order valence-corrected chi connectivity index (χ1v) is 11.1. The third-order valence-corrected chi connectivity index (χ3v) is 5.43. The van der Waals surface area contributed by atoms with Gasteiger partial charge in [-0.2, -0.15) is 0 Å². The lowest BCUT2D eigenvalue weighted by atomic mass is 10.2. The molecule has 1 heterocycles. The van der Waals surface area contributed by atoms with Crippen molar-refractivity contribution in [2.45, 2.75) is 26.2 Å². The van der Waals surface area contributed by atoms with Gasteiger partial charge in [0, 0.05) is 63.8 Å². The van der Waals surface area contributed by atoms with E-state index in [1.54, 1.807) is 12.1 Å². The summed E-state index contributed by atoms with van der Waals surface area (Å²) in [6.07, 6.45) is 2.35. The summed E-state index contributed by atoms with van der Waals surface area (Å²) < 4.78 is 13.1. The minimum absolute atomic E-state index is 0.0926. The Hall–Kier alpha value is -2.84. The third-order valence-electron chi connectivity index (χ3n) is 5.43. The summed E-state index contributed by atoms with van der Waals surface area (Å²) in [6.45, 7) is 7.02. The van der Waals surface area contributed by atoms with Crippen molar-refractivity contribution >= 4 is 23.5 Å². The number of benzene rings is 1. The summed E-state index contributed by atoms with van der Waals surface area (Å²) >= 11 is 0. The maximum Gasteiger partial charge on any atom is 0.224 e. The van der Waals surface area contributed by atoms with Gasteiger partial charge in [-0.1, -0.05) is 0 Å². The molecular formula is C22H33FN6O2. The highest BCUT2D eigenvalue weighted by molar-refractivity contribution is 5.82. The molecule has 3 rings (SSSR count). The standard InChI is InChI=1S/C22H33FN6O2/c1-2-24-22(27-12-11-25-21(31)17-3-4-17)26-10-9-20(30)29-15-13-28(14-16-29)19-7-5-18(23)6-8-19/h5-8,17H,2-4,9-16H2,1H3,(H,25,31)(H2,24,26,27). The van der Waals surface area contributed by atoms with Crippen LogP contribution in [-0.4, -0.2) is 75.0 Å². The van der Waals surface area contributed by atoms with Crippen LogP contribution in [0.15, 0.2) is 29.3 Å². The van der Waals surface area contributed by atoms with E-state index < -0.39 is 0 Å². The molecule has 31 heavy (non-hydrogen) atoms. The number of nitrogens with zero attached hydrogens (tertiary/aromatic N) is 3. The molecule has 0 bridgehead atoms. The Bertz CT molecular complexity index is 758. The number of carbonyl (C=O) groups excluding carboxylic acids is 2. The van der Waals surface area contributed by atoms with E-state index in [-0.39, 0.29) is 23.5 Å². The Morgan fingerprint density at radius 3 is 2.35 bits per heavy atom. The van der Waals surface area contributed by atoms with Gasteiger partial charge in [0.05, 0.1) is 6.54 Å². The summed E-state index contributed by atoms with van der Waals surface area (Å²) in [5, 5.41) is 9.25. The van der Waals surface area contributed by atoms with Crippen LogP contribution in [0.5, 0.6) is 0 Å². The van der Waals surface area contributed by atoms with Gasteiger partial charge in [-0.3, -0.25) is 14.6 Å². The van der Waals surface area contributed by atoms with Crippen LogP contribution in [-0.2, 0) is 9.59 Å². The number of hydrogen-bond acceptors (Lipinski definition) is 4. The number of rotatable bonds is 9. The molecule has 1 saturated heterocycles. The highest BCUT2D eigenvalue weighted by Crippen LogP contribution is 2.28. The van der Waals surface area contributed by atoms with Crippen molar-refractivity contribution in [1.29, 1.82) is 0 Å². The molecule has 3 N–H and O–H groups in total. The third kappa shape index (κ3) is 7.41. The van der Waals surface area contributed by atoms with Crippen LogP contribution >= 0.6 is 0 Å². The fourth-order valence-electron chi connectivity index (χ4n) is 3.49. The zero-order chi connectivity index (χ0) is 22.1. The molecule has 1 aromatic rings. The zero-order valence-electron chi connectivity index (χ0n) is 18.2. The molecule has 1 aromatic carbocycles. The van der Waals surface area contributed by atoms with E-state index in [1.165, 1.54) is 12.1 Å². The number of nitrogens with one attached hydrogen (secondary N) is 3. The maximum absolute atomic E-state index is 13.1.